The smallest absolute Gasteiger partial charge is 0.231 e. The van der Waals surface area contributed by atoms with Crippen LogP contribution in [0, 0.1) is 0 Å². The maximum atomic E-state index is 12.9. The van der Waals surface area contributed by atoms with Crippen molar-refractivity contribution >= 4 is 35.0 Å². The van der Waals surface area contributed by atoms with Crippen molar-refractivity contribution in [3.63, 3.8) is 0 Å². The van der Waals surface area contributed by atoms with Crippen LogP contribution < -0.4 is 10.2 Å². The average Bonchev–Trinajstić information content (AvgIpc) is 3.33. The minimum absolute atomic E-state index is 0.00878. The monoisotopic (exact) mass is 455 g/mol. The second-order valence-corrected chi connectivity index (χ2v) is 9.62. The summed E-state index contributed by atoms with van der Waals surface area (Å²) in [5.74, 6) is 1.21. The fraction of sp³-hybridized carbons (Fsp3) is 0.409. The Balaban J connectivity index is 1.27. The molecule has 1 atom stereocenters. The molecule has 0 bridgehead atoms. The number of hydrogen-bond acceptors (Lipinski definition) is 7. The maximum absolute atomic E-state index is 12.9. The first-order valence-electron chi connectivity index (χ1n) is 10.6. The minimum atomic E-state index is -0.139. The van der Waals surface area contributed by atoms with Crippen LogP contribution in [-0.4, -0.2) is 52.7 Å². The van der Waals surface area contributed by atoms with E-state index in [0.29, 0.717) is 25.0 Å². The number of rotatable bonds is 8. The van der Waals surface area contributed by atoms with Gasteiger partial charge in [-0.15, -0.1) is 21.5 Å². The van der Waals surface area contributed by atoms with E-state index in [9.17, 15) is 4.79 Å². The van der Waals surface area contributed by atoms with E-state index < -0.39 is 0 Å². The lowest BCUT2D eigenvalue weighted by Crippen LogP contribution is -2.38. The van der Waals surface area contributed by atoms with Crippen LogP contribution in [-0.2, 0) is 9.53 Å². The molecular formula is C22H25N5O2S2. The third kappa shape index (κ3) is 4.78. The predicted molar refractivity (Wildman–Crippen MR) is 123 cm³/mol. The molecule has 2 fully saturated rings. The fourth-order valence-electron chi connectivity index (χ4n) is 3.75. The van der Waals surface area contributed by atoms with E-state index in [-0.39, 0.29) is 11.9 Å². The zero-order valence-corrected chi connectivity index (χ0v) is 18.8. The van der Waals surface area contributed by atoms with Crippen LogP contribution in [0.5, 0.6) is 0 Å². The number of nitrogens with one attached hydrogen (secondary N) is 1. The molecule has 1 unspecified atom stereocenters. The minimum Gasteiger partial charge on any atom is -0.378 e. The molecule has 1 N–H and O–H groups in total. The Bertz CT molecular complexity index is 998. The number of amides is 1. The van der Waals surface area contributed by atoms with Gasteiger partial charge in [0.2, 0.25) is 11.9 Å². The van der Waals surface area contributed by atoms with Gasteiger partial charge in [0.25, 0.3) is 0 Å². The van der Waals surface area contributed by atoms with Crippen LogP contribution in [0.15, 0.2) is 53.0 Å². The highest BCUT2D eigenvalue weighted by Crippen LogP contribution is 2.41. The van der Waals surface area contributed by atoms with E-state index in [1.54, 1.807) is 11.3 Å². The quantitative estimate of drug-likeness (QED) is 0.524. The Morgan fingerprint density at radius 2 is 1.97 bits per heavy atom. The highest BCUT2D eigenvalue weighted by molar-refractivity contribution is 7.99. The number of benzene rings is 1. The standard InChI is InChI=1S/C22H25N5O2S2/c28-19(23-20(18-7-4-14-30-18)16-5-2-1-3-6-16)15-31-22-25-24-21(27(22)17-8-9-17)26-10-12-29-13-11-26/h1-7,14,17,20H,8-13,15H2,(H,23,28). The average molecular weight is 456 g/mol. The van der Waals surface area contributed by atoms with Crippen LogP contribution in [0.3, 0.4) is 0 Å². The second-order valence-electron chi connectivity index (χ2n) is 7.70. The number of aromatic nitrogens is 3. The molecule has 9 heteroatoms. The van der Waals surface area contributed by atoms with Crippen molar-refractivity contribution in [3.05, 3.63) is 58.3 Å². The molecule has 1 aromatic carbocycles. The van der Waals surface area contributed by atoms with E-state index in [2.05, 4.69) is 43.2 Å². The Morgan fingerprint density at radius 1 is 1.16 bits per heavy atom. The van der Waals surface area contributed by atoms with Crippen molar-refractivity contribution in [1.29, 1.82) is 0 Å². The molecule has 1 amide bonds. The zero-order chi connectivity index (χ0) is 21.0. The summed E-state index contributed by atoms with van der Waals surface area (Å²) >= 11 is 3.12. The van der Waals surface area contributed by atoms with Crippen LogP contribution in [0.25, 0.3) is 0 Å². The van der Waals surface area contributed by atoms with Gasteiger partial charge in [0.1, 0.15) is 0 Å². The summed E-state index contributed by atoms with van der Waals surface area (Å²) in [6.07, 6.45) is 2.28. The first-order valence-corrected chi connectivity index (χ1v) is 12.4. The predicted octanol–water partition coefficient (Wildman–Crippen LogP) is 3.51. The molecule has 3 heterocycles. The van der Waals surface area contributed by atoms with E-state index in [0.717, 1.165) is 47.5 Å². The lowest BCUT2D eigenvalue weighted by Gasteiger charge is -2.27. The fourth-order valence-corrected chi connectivity index (χ4v) is 5.37. The highest BCUT2D eigenvalue weighted by Gasteiger charge is 2.32. The summed E-state index contributed by atoms with van der Waals surface area (Å²) in [5.41, 5.74) is 1.08. The second kappa shape index (κ2) is 9.42. The van der Waals surface area contributed by atoms with Gasteiger partial charge in [0, 0.05) is 24.0 Å². The van der Waals surface area contributed by atoms with E-state index in [4.69, 9.17) is 4.74 Å². The molecule has 0 radical (unpaired) electrons. The van der Waals surface area contributed by atoms with Gasteiger partial charge in [-0.25, -0.2) is 0 Å². The third-order valence-electron chi connectivity index (χ3n) is 5.45. The van der Waals surface area contributed by atoms with E-state index in [1.807, 2.05) is 29.6 Å². The maximum Gasteiger partial charge on any atom is 0.231 e. The number of thioether (sulfide) groups is 1. The molecule has 7 nitrogen and oxygen atoms in total. The summed E-state index contributed by atoms with van der Waals surface area (Å²) in [4.78, 5) is 16.3. The molecule has 3 aromatic rings. The number of thiophene rings is 1. The van der Waals surface area contributed by atoms with E-state index in [1.165, 1.54) is 11.8 Å². The van der Waals surface area contributed by atoms with Gasteiger partial charge in [-0.05, 0) is 29.9 Å². The molecule has 1 aliphatic carbocycles. The summed E-state index contributed by atoms with van der Waals surface area (Å²) in [6, 6.07) is 14.5. The van der Waals surface area contributed by atoms with Crippen LogP contribution in [0.2, 0.25) is 0 Å². The van der Waals surface area contributed by atoms with Crippen LogP contribution in [0.1, 0.15) is 35.4 Å². The first-order chi connectivity index (χ1) is 15.3. The summed E-state index contributed by atoms with van der Waals surface area (Å²) < 4.78 is 7.69. The van der Waals surface area contributed by atoms with Crippen molar-refractivity contribution in [2.45, 2.75) is 30.1 Å². The number of morpholine rings is 1. The topological polar surface area (TPSA) is 72.3 Å². The van der Waals surface area contributed by atoms with Gasteiger partial charge < -0.3 is 15.0 Å². The molecule has 5 rings (SSSR count). The lowest BCUT2D eigenvalue weighted by molar-refractivity contribution is -0.119. The van der Waals surface area contributed by atoms with Gasteiger partial charge in [-0.3, -0.25) is 9.36 Å². The summed E-state index contributed by atoms with van der Waals surface area (Å²) in [7, 11) is 0. The van der Waals surface area contributed by atoms with Crippen LogP contribution in [0.4, 0.5) is 5.95 Å². The molecule has 1 saturated heterocycles. The Kier molecular flexibility index (Phi) is 6.24. The van der Waals surface area contributed by atoms with Gasteiger partial charge in [0.15, 0.2) is 5.16 Å². The van der Waals surface area contributed by atoms with Gasteiger partial charge in [-0.1, -0.05) is 48.2 Å². The molecule has 31 heavy (non-hydrogen) atoms. The molecule has 1 saturated carbocycles. The van der Waals surface area contributed by atoms with Crippen molar-refractivity contribution in [3.8, 4) is 0 Å². The Morgan fingerprint density at radius 3 is 2.68 bits per heavy atom. The Labute approximate surface area is 189 Å². The third-order valence-corrected chi connectivity index (χ3v) is 7.33. The van der Waals surface area contributed by atoms with Crippen molar-refractivity contribution in [2.24, 2.45) is 0 Å². The van der Waals surface area contributed by atoms with Gasteiger partial charge in [-0.2, -0.15) is 0 Å². The Hall–Kier alpha value is -2.36. The molecule has 2 aromatic heterocycles. The number of carbonyl (C=O) groups excluding carboxylic acids is 1. The summed E-state index contributed by atoms with van der Waals surface area (Å²) in [5, 5.41) is 15.0. The molecule has 162 valence electrons. The molecule has 2 aliphatic rings. The first kappa shape index (κ1) is 20.5. The van der Waals surface area contributed by atoms with Gasteiger partial charge >= 0.3 is 0 Å². The van der Waals surface area contributed by atoms with Crippen LogP contribution >= 0.6 is 23.1 Å². The number of ether oxygens (including phenoxy) is 1. The lowest BCUT2D eigenvalue weighted by atomic mass is 10.1. The normalized spacial score (nSPS) is 17.5. The molecule has 0 spiro atoms. The largest absolute Gasteiger partial charge is 0.378 e. The van der Waals surface area contributed by atoms with Crippen molar-refractivity contribution < 1.29 is 9.53 Å². The van der Waals surface area contributed by atoms with Crippen molar-refractivity contribution in [1.82, 2.24) is 20.1 Å². The highest BCUT2D eigenvalue weighted by atomic mass is 32.2. The molecule has 1 aliphatic heterocycles. The number of nitrogens with zero attached hydrogens (tertiary/aromatic N) is 4. The SMILES string of the molecule is O=C(CSc1nnc(N2CCOCC2)n1C1CC1)NC(c1ccccc1)c1cccs1. The number of carbonyl (C=O) groups is 1. The zero-order valence-electron chi connectivity index (χ0n) is 17.1. The van der Waals surface area contributed by atoms with Gasteiger partial charge in [0.05, 0.1) is 25.0 Å². The molecular weight excluding hydrogens is 430 g/mol. The number of anilines is 1. The number of hydrogen-bond donors (Lipinski definition) is 1. The van der Waals surface area contributed by atoms with E-state index >= 15 is 0 Å². The van der Waals surface area contributed by atoms with Crippen molar-refractivity contribution in [2.75, 3.05) is 37.0 Å². The summed E-state index contributed by atoms with van der Waals surface area (Å²) in [6.45, 7) is 3.09.